The predicted octanol–water partition coefficient (Wildman–Crippen LogP) is 0.855. The van der Waals surface area contributed by atoms with Gasteiger partial charge in [-0.25, -0.2) is 4.39 Å². The van der Waals surface area contributed by atoms with Crippen molar-refractivity contribution in [2.24, 2.45) is 0 Å². The van der Waals surface area contributed by atoms with Crippen molar-refractivity contribution in [3.8, 4) is 0 Å². The molecule has 0 aliphatic heterocycles. The van der Waals surface area contributed by atoms with Gasteiger partial charge >= 0.3 is 0 Å². The Morgan fingerprint density at radius 2 is 1.91 bits per heavy atom. The van der Waals surface area contributed by atoms with Crippen molar-refractivity contribution in [2.45, 2.75) is 0 Å². The van der Waals surface area contributed by atoms with Crippen LogP contribution in [-0.2, 0) is 10.3 Å². The van der Waals surface area contributed by atoms with Gasteiger partial charge in [0.1, 0.15) is 5.82 Å². The molecule has 0 amide bonds. The van der Waals surface area contributed by atoms with Crippen LogP contribution >= 0.6 is 0 Å². The minimum absolute atomic E-state index is 0.0841. The topological polar surface area (TPSA) is 34.1 Å². The van der Waals surface area contributed by atoms with Crippen LogP contribution < -0.4 is 0 Å². The number of hydrogen-bond acceptors (Lipinski definition) is 2. The summed E-state index contributed by atoms with van der Waals surface area (Å²) in [5.74, 6) is -0.531. The standard InChI is InChI=1S/C7H5FO2S/c8-7-4-2-1-3-6(7)5-11(9)10/h1-5H. The fourth-order valence-electron chi connectivity index (χ4n) is 0.674. The van der Waals surface area contributed by atoms with Crippen LogP contribution in [-0.4, -0.2) is 13.8 Å². The van der Waals surface area contributed by atoms with Crippen LogP contribution in [0.5, 0.6) is 0 Å². The molecule has 0 spiro atoms. The summed E-state index contributed by atoms with van der Waals surface area (Å²) in [5.41, 5.74) is 0.0841. The van der Waals surface area contributed by atoms with Gasteiger partial charge in [0.15, 0.2) is 0 Å². The Balaban J connectivity index is 3.25. The Kier molecular flexibility index (Phi) is 2.38. The zero-order valence-corrected chi connectivity index (χ0v) is 6.31. The zero-order valence-electron chi connectivity index (χ0n) is 5.49. The number of halogens is 1. The maximum Gasteiger partial charge on any atom is 0.214 e. The Labute approximate surface area is 64.8 Å². The summed E-state index contributed by atoms with van der Waals surface area (Å²) in [4.78, 5) is 0. The molecule has 0 saturated carbocycles. The lowest BCUT2D eigenvalue weighted by Crippen LogP contribution is -1.86. The molecule has 0 aliphatic rings. The maximum atomic E-state index is 12.6. The first-order valence-corrected chi connectivity index (χ1v) is 4.01. The lowest BCUT2D eigenvalue weighted by Gasteiger charge is -1.89. The second-order valence-corrected chi connectivity index (χ2v) is 2.66. The van der Waals surface area contributed by atoms with Gasteiger partial charge in [-0.1, -0.05) is 18.2 Å². The molecule has 0 unspecified atom stereocenters. The largest absolute Gasteiger partial charge is 0.214 e. The molecule has 0 aliphatic carbocycles. The van der Waals surface area contributed by atoms with E-state index in [2.05, 4.69) is 0 Å². The van der Waals surface area contributed by atoms with E-state index in [1.807, 2.05) is 0 Å². The highest BCUT2D eigenvalue weighted by atomic mass is 32.2. The van der Waals surface area contributed by atoms with Crippen molar-refractivity contribution >= 4 is 15.7 Å². The Morgan fingerprint density at radius 1 is 1.27 bits per heavy atom. The van der Waals surface area contributed by atoms with Gasteiger partial charge in [-0.05, 0) is 6.07 Å². The lowest BCUT2D eigenvalue weighted by atomic mass is 10.2. The van der Waals surface area contributed by atoms with Crippen LogP contribution in [0.25, 0.3) is 0 Å². The van der Waals surface area contributed by atoms with E-state index in [-0.39, 0.29) is 5.56 Å². The number of hydrogen-bond donors (Lipinski definition) is 0. The zero-order chi connectivity index (χ0) is 8.27. The molecule has 0 N–H and O–H groups in total. The second-order valence-electron chi connectivity index (χ2n) is 1.90. The summed E-state index contributed by atoms with van der Waals surface area (Å²) in [6.45, 7) is 0. The summed E-state index contributed by atoms with van der Waals surface area (Å²) >= 11 is 0. The highest BCUT2D eigenvalue weighted by molar-refractivity contribution is 7.71. The van der Waals surface area contributed by atoms with Gasteiger partial charge in [-0.3, -0.25) is 0 Å². The summed E-state index contributed by atoms with van der Waals surface area (Å²) in [7, 11) is -2.34. The van der Waals surface area contributed by atoms with Crippen LogP contribution in [0.2, 0.25) is 0 Å². The first-order chi connectivity index (χ1) is 5.20. The van der Waals surface area contributed by atoms with Crippen molar-refractivity contribution in [1.82, 2.24) is 0 Å². The van der Waals surface area contributed by atoms with Crippen LogP contribution in [0.15, 0.2) is 24.3 Å². The average molecular weight is 172 g/mol. The summed E-state index contributed by atoms with van der Waals surface area (Å²) in [6.07, 6.45) is 0. The normalized spacial score (nSPS) is 9.18. The molecule has 1 aromatic rings. The highest BCUT2D eigenvalue weighted by Gasteiger charge is 1.95. The molecule has 0 heterocycles. The molecule has 0 bridgehead atoms. The molecule has 0 radical (unpaired) electrons. The van der Waals surface area contributed by atoms with Crippen molar-refractivity contribution in [1.29, 1.82) is 0 Å². The average Bonchev–Trinajstić information content (AvgIpc) is 1.93. The van der Waals surface area contributed by atoms with Crippen molar-refractivity contribution in [2.75, 3.05) is 0 Å². The van der Waals surface area contributed by atoms with E-state index in [9.17, 15) is 12.8 Å². The molecule has 0 saturated heterocycles. The number of benzene rings is 1. The van der Waals surface area contributed by atoms with Gasteiger partial charge in [0.25, 0.3) is 0 Å². The summed E-state index contributed by atoms with van der Waals surface area (Å²) < 4.78 is 32.8. The van der Waals surface area contributed by atoms with Gasteiger partial charge in [0.05, 0.1) is 5.37 Å². The van der Waals surface area contributed by atoms with Crippen LogP contribution in [0.4, 0.5) is 4.39 Å². The third-order valence-corrected chi connectivity index (χ3v) is 1.57. The van der Waals surface area contributed by atoms with E-state index < -0.39 is 16.1 Å². The lowest BCUT2D eigenvalue weighted by molar-refractivity contribution is 0.622. The number of rotatable bonds is 1. The molecule has 0 fully saturated rings. The third kappa shape index (κ3) is 2.16. The van der Waals surface area contributed by atoms with Crippen LogP contribution in [0.1, 0.15) is 5.56 Å². The van der Waals surface area contributed by atoms with Crippen LogP contribution in [0.3, 0.4) is 0 Å². The molecule has 4 heteroatoms. The van der Waals surface area contributed by atoms with Crippen molar-refractivity contribution < 1.29 is 12.8 Å². The first kappa shape index (κ1) is 7.94. The van der Waals surface area contributed by atoms with E-state index in [1.54, 1.807) is 6.07 Å². The SMILES string of the molecule is O=S(=O)=Cc1ccccc1F. The fraction of sp³-hybridized carbons (Fsp3) is 0. The monoisotopic (exact) mass is 172 g/mol. The van der Waals surface area contributed by atoms with Crippen molar-refractivity contribution in [3.63, 3.8) is 0 Å². The Morgan fingerprint density at radius 3 is 2.45 bits per heavy atom. The molecule has 1 aromatic carbocycles. The van der Waals surface area contributed by atoms with Gasteiger partial charge < -0.3 is 0 Å². The van der Waals surface area contributed by atoms with Gasteiger partial charge in [-0.2, -0.15) is 8.42 Å². The maximum absolute atomic E-state index is 12.6. The van der Waals surface area contributed by atoms with E-state index in [4.69, 9.17) is 0 Å². The Bertz CT molecular complexity index is 373. The summed E-state index contributed by atoms with van der Waals surface area (Å²) in [5, 5.41) is 0.829. The quantitative estimate of drug-likeness (QED) is 0.588. The Hall–Kier alpha value is -1.16. The van der Waals surface area contributed by atoms with Crippen LogP contribution in [0, 0.1) is 5.82 Å². The van der Waals surface area contributed by atoms with E-state index in [1.165, 1.54) is 18.2 Å². The molecular weight excluding hydrogens is 167 g/mol. The fourth-order valence-corrected chi connectivity index (χ4v) is 1.07. The highest BCUT2D eigenvalue weighted by Crippen LogP contribution is 2.01. The summed E-state index contributed by atoms with van der Waals surface area (Å²) in [6, 6.07) is 5.67. The van der Waals surface area contributed by atoms with E-state index >= 15 is 0 Å². The molecule has 0 aromatic heterocycles. The van der Waals surface area contributed by atoms with Gasteiger partial charge in [0, 0.05) is 5.56 Å². The van der Waals surface area contributed by atoms with Gasteiger partial charge in [0.2, 0.25) is 10.3 Å². The third-order valence-electron chi connectivity index (χ3n) is 1.13. The van der Waals surface area contributed by atoms with E-state index in [0.717, 1.165) is 5.37 Å². The smallest absolute Gasteiger partial charge is 0.206 e. The predicted molar refractivity (Wildman–Crippen MR) is 40.5 cm³/mol. The molecule has 2 nitrogen and oxygen atoms in total. The first-order valence-electron chi connectivity index (χ1n) is 2.87. The second kappa shape index (κ2) is 3.30. The molecule has 0 atom stereocenters. The molecule has 1 rings (SSSR count). The van der Waals surface area contributed by atoms with E-state index in [0.29, 0.717) is 0 Å². The van der Waals surface area contributed by atoms with Gasteiger partial charge in [-0.15, -0.1) is 0 Å². The molecule has 58 valence electrons. The molecule has 11 heavy (non-hydrogen) atoms. The molecular formula is C7H5FO2S. The minimum Gasteiger partial charge on any atom is -0.206 e. The minimum atomic E-state index is -2.34. The van der Waals surface area contributed by atoms with Crippen molar-refractivity contribution in [3.05, 3.63) is 35.6 Å².